The summed E-state index contributed by atoms with van der Waals surface area (Å²) in [6, 6.07) is 6.48. The number of hydrogen-bond donors (Lipinski definition) is 1. The van der Waals surface area contributed by atoms with Crippen LogP contribution < -0.4 is 5.32 Å². The zero-order chi connectivity index (χ0) is 12.3. The highest BCUT2D eigenvalue weighted by atomic mass is 15.4. The van der Waals surface area contributed by atoms with Gasteiger partial charge in [0, 0.05) is 12.7 Å². The monoisotopic (exact) mass is 230 g/mol. The highest BCUT2D eigenvalue weighted by molar-refractivity contribution is 5.48. The summed E-state index contributed by atoms with van der Waals surface area (Å²) in [5.41, 5.74) is 4.95. The molecule has 2 aromatic rings. The minimum Gasteiger partial charge on any atom is -0.379 e. The summed E-state index contributed by atoms with van der Waals surface area (Å²) >= 11 is 0. The van der Waals surface area contributed by atoms with Gasteiger partial charge in [0.25, 0.3) is 0 Å². The van der Waals surface area contributed by atoms with Gasteiger partial charge in [-0.3, -0.25) is 4.68 Å². The van der Waals surface area contributed by atoms with E-state index in [0.29, 0.717) is 0 Å². The Labute approximate surface area is 102 Å². The number of aromatic nitrogens is 3. The maximum Gasteiger partial charge on any atom is 0.0774 e. The van der Waals surface area contributed by atoms with Crippen molar-refractivity contribution in [1.82, 2.24) is 15.0 Å². The zero-order valence-electron chi connectivity index (χ0n) is 10.6. The molecule has 0 aliphatic rings. The second kappa shape index (κ2) is 4.99. The molecule has 1 aromatic carbocycles. The number of rotatable bonds is 4. The van der Waals surface area contributed by atoms with Crippen molar-refractivity contribution in [3.63, 3.8) is 0 Å². The van der Waals surface area contributed by atoms with E-state index >= 15 is 0 Å². The summed E-state index contributed by atoms with van der Waals surface area (Å²) in [7, 11) is 1.90. The second-order valence-corrected chi connectivity index (χ2v) is 4.20. The number of nitrogens with one attached hydrogen (secondary N) is 1. The molecule has 1 N–H and O–H groups in total. The van der Waals surface area contributed by atoms with Gasteiger partial charge in [-0.05, 0) is 36.6 Å². The molecular weight excluding hydrogens is 212 g/mol. The van der Waals surface area contributed by atoms with Crippen LogP contribution >= 0.6 is 0 Å². The van der Waals surface area contributed by atoms with E-state index in [-0.39, 0.29) is 0 Å². The Balaban J connectivity index is 2.05. The van der Waals surface area contributed by atoms with Crippen LogP contribution in [0, 0.1) is 6.92 Å². The van der Waals surface area contributed by atoms with E-state index < -0.39 is 0 Å². The van der Waals surface area contributed by atoms with Crippen molar-refractivity contribution in [2.75, 3.05) is 5.32 Å². The molecule has 4 heteroatoms. The molecule has 0 bridgehead atoms. The van der Waals surface area contributed by atoms with Crippen molar-refractivity contribution in [3.8, 4) is 0 Å². The molecule has 0 aliphatic carbocycles. The number of benzene rings is 1. The van der Waals surface area contributed by atoms with Gasteiger partial charge in [-0.2, -0.15) is 0 Å². The van der Waals surface area contributed by atoms with E-state index in [4.69, 9.17) is 0 Å². The smallest absolute Gasteiger partial charge is 0.0774 e. The first kappa shape index (κ1) is 11.6. The summed E-state index contributed by atoms with van der Waals surface area (Å²) in [5, 5.41) is 11.1. The minimum absolute atomic E-state index is 0.744. The fourth-order valence-corrected chi connectivity index (χ4v) is 1.87. The normalized spacial score (nSPS) is 10.5. The molecule has 0 saturated heterocycles. The molecule has 0 spiro atoms. The zero-order valence-corrected chi connectivity index (χ0v) is 10.6. The molecule has 0 unspecified atom stereocenters. The van der Waals surface area contributed by atoms with E-state index in [2.05, 4.69) is 47.7 Å². The number of anilines is 1. The number of hydrogen-bond acceptors (Lipinski definition) is 3. The quantitative estimate of drug-likeness (QED) is 0.876. The van der Waals surface area contributed by atoms with Crippen LogP contribution in [0.2, 0.25) is 0 Å². The molecule has 2 rings (SSSR count). The second-order valence-electron chi connectivity index (χ2n) is 4.20. The lowest BCUT2D eigenvalue weighted by Gasteiger charge is -2.09. The Morgan fingerprint density at radius 3 is 2.76 bits per heavy atom. The lowest BCUT2D eigenvalue weighted by Crippen LogP contribution is -2.05. The van der Waals surface area contributed by atoms with Crippen LogP contribution in [0.3, 0.4) is 0 Å². The molecule has 0 fully saturated rings. The molecule has 0 atom stereocenters. The van der Waals surface area contributed by atoms with E-state index in [1.54, 1.807) is 10.9 Å². The maximum absolute atomic E-state index is 3.90. The van der Waals surface area contributed by atoms with Crippen molar-refractivity contribution in [2.24, 2.45) is 7.05 Å². The first-order valence-electron chi connectivity index (χ1n) is 5.87. The van der Waals surface area contributed by atoms with Crippen LogP contribution in [0.25, 0.3) is 0 Å². The first-order chi connectivity index (χ1) is 8.20. The van der Waals surface area contributed by atoms with E-state index in [1.807, 2.05) is 7.05 Å². The highest BCUT2D eigenvalue weighted by Crippen LogP contribution is 2.16. The Morgan fingerprint density at radius 2 is 2.18 bits per heavy atom. The van der Waals surface area contributed by atoms with E-state index in [9.17, 15) is 0 Å². The predicted octanol–water partition coefficient (Wildman–Crippen LogP) is 2.30. The third kappa shape index (κ3) is 2.64. The molecule has 90 valence electrons. The summed E-state index contributed by atoms with van der Waals surface area (Å²) in [6.07, 6.45) is 2.86. The van der Waals surface area contributed by atoms with E-state index in [0.717, 1.165) is 24.3 Å². The Kier molecular flexibility index (Phi) is 3.42. The van der Waals surface area contributed by atoms with Crippen molar-refractivity contribution in [1.29, 1.82) is 0 Å². The van der Waals surface area contributed by atoms with Crippen LogP contribution in [0.1, 0.15) is 23.7 Å². The molecule has 0 aliphatic heterocycles. The standard InChI is InChI=1S/C13H18N4/c1-4-11-5-6-12(7-10(11)2)14-8-13-9-15-16-17(13)3/h5-7,9,14H,4,8H2,1-3H3. The lowest BCUT2D eigenvalue weighted by atomic mass is 10.1. The number of nitrogens with zero attached hydrogens (tertiary/aromatic N) is 3. The molecule has 1 aromatic heterocycles. The van der Waals surface area contributed by atoms with Gasteiger partial charge >= 0.3 is 0 Å². The van der Waals surface area contributed by atoms with Crippen LogP contribution in [0.15, 0.2) is 24.4 Å². The van der Waals surface area contributed by atoms with Crippen LogP contribution in [-0.2, 0) is 20.0 Å². The fraction of sp³-hybridized carbons (Fsp3) is 0.385. The third-order valence-corrected chi connectivity index (χ3v) is 3.01. The largest absolute Gasteiger partial charge is 0.379 e. The van der Waals surface area contributed by atoms with Crippen molar-refractivity contribution in [3.05, 3.63) is 41.2 Å². The summed E-state index contributed by atoms with van der Waals surface area (Å²) in [5.74, 6) is 0. The number of aryl methyl sites for hydroxylation is 3. The van der Waals surface area contributed by atoms with Gasteiger partial charge in [0.15, 0.2) is 0 Å². The van der Waals surface area contributed by atoms with Crippen molar-refractivity contribution in [2.45, 2.75) is 26.8 Å². The van der Waals surface area contributed by atoms with Crippen LogP contribution in [-0.4, -0.2) is 15.0 Å². The summed E-state index contributed by atoms with van der Waals surface area (Å²) < 4.78 is 1.78. The molecule has 17 heavy (non-hydrogen) atoms. The minimum atomic E-state index is 0.744. The molecule has 0 amide bonds. The first-order valence-corrected chi connectivity index (χ1v) is 5.87. The third-order valence-electron chi connectivity index (χ3n) is 3.01. The fourth-order valence-electron chi connectivity index (χ4n) is 1.87. The average molecular weight is 230 g/mol. The molecule has 0 saturated carbocycles. The molecule has 4 nitrogen and oxygen atoms in total. The SMILES string of the molecule is CCc1ccc(NCc2cnnn2C)cc1C. The van der Waals surface area contributed by atoms with Crippen LogP contribution in [0.5, 0.6) is 0 Å². The predicted molar refractivity (Wildman–Crippen MR) is 68.9 cm³/mol. The topological polar surface area (TPSA) is 42.7 Å². The Hall–Kier alpha value is -1.84. The lowest BCUT2D eigenvalue weighted by molar-refractivity contribution is 0.683. The average Bonchev–Trinajstić information content (AvgIpc) is 2.72. The Bertz CT molecular complexity index is 502. The maximum atomic E-state index is 3.90. The van der Waals surface area contributed by atoms with Gasteiger partial charge in [0.2, 0.25) is 0 Å². The van der Waals surface area contributed by atoms with Crippen LogP contribution in [0.4, 0.5) is 5.69 Å². The van der Waals surface area contributed by atoms with Gasteiger partial charge in [0.05, 0.1) is 18.4 Å². The van der Waals surface area contributed by atoms with Gasteiger partial charge in [-0.1, -0.05) is 18.2 Å². The van der Waals surface area contributed by atoms with E-state index in [1.165, 1.54) is 11.1 Å². The van der Waals surface area contributed by atoms with Gasteiger partial charge in [-0.25, -0.2) is 0 Å². The molecule has 0 radical (unpaired) electrons. The van der Waals surface area contributed by atoms with Gasteiger partial charge in [0.1, 0.15) is 0 Å². The summed E-state index contributed by atoms with van der Waals surface area (Å²) in [4.78, 5) is 0. The van der Waals surface area contributed by atoms with Gasteiger partial charge in [-0.15, -0.1) is 5.10 Å². The molecule has 1 heterocycles. The highest BCUT2D eigenvalue weighted by Gasteiger charge is 2.01. The van der Waals surface area contributed by atoms with Crippen molar-refractivity contribution >= 4 is 5.69 Å². The molecular formula is C13H18N4. The van der Waals surface area contributed by atoms with Gasteiger partial charge < -0.3 is 5.32 Å². The summed E-state index contributed by atoms with van der Waals surface area (Å²) in [6.45, 7) is 5.07. The Morgan fingerprint density at radius 1 is 1.35 bits per heavy atom. The van der Waals surface area contributed by atoms with Crippen molar-refractivity contribution < 1.29 is 0 Å².